The molecule has 0 aliphatic heterocycles. The average Bonchev–Trinajstić information content (AvgIpc) is 3.33. The van der Waals surface area contributed by atoms with Gasteiger partial charge in [0.05, 0.1) is 4.88 Å². The first kappa shape index (κ1) is 22.1. The van der Waals surface area contributed by atoms with Gasteiger partial charge in [0.25, 0.3) is 0 Å². The molecule has 0 saturated heterocycles. The fourth-order valence-corrected chi connectivity index (χ4v) is 5.32. The van der Waals surface area contributed by atoms with Crippen molar-refractivity contribution < 1.29 is 22.4 Å². The number of halogens is 4. The molecule has 1 aromatic carbocycles. The van der Waals surface area contributed by atoms with E-state index in [9.17, 15) is 22.4 Å². The second kappa shape index (κ2) is 7.93. The van der Waals surface area contributed by atoms with E-state index in [1.54, 1.807) is 13.2 Å². The van der Waals surface area contributed by atoms with Gasteiger partial charge in [-0.15, -0.1) is 11.3 Å². The van der Waals surface area contributed by atoms with Crippen LogP contribution in [0.5, 0.6) is 0 Å². The van der Waals surface area contributed by atoms with Gasteiger partial charge in [-0.25, -0.2) is 4.98 Å². The zero-order chi connectivity index (χ0) is 23.4. The number of amides is 1. The summed E-state index contributed by atoms with van der Waals surface area (Å²) in [4.78, 5) is 17.9. The standard InChI is InChI=1S/C23H22F4N4OS/c1-31-20(29-17(32)10-15-11-22(24,25)23(15,26)27)18(13-8-5-9-13)19(30-31)16-12-28-21(33-16)14-6-3-2-4-7-14/h2-4,6-7,12-13,15H,5,8-11H2,1H3,(H,29,32)/t15-/m0/s1. The van der Waals surface area contributed by atoms with E-state index in [0.29, 0.717) is 11.5 Å². The SMILES string of the molecule is Cn1nc(-c2cnc(-c3ccccc3)s2)c(C2CCC2)c1NC(=O)C[C@H]1CC(F)(F)C1(F)F. The van der Waals surface area contributed by atoms with Gasteiger partial charge in [-0.2, -0.15) is 22.7 Å². The van der Waals surface area contributed by atoms with Crippen molar-refractivity contribution in [2.45, 2.75) is 49.9 Å². The number of alkyl halides is 4. The Morgan fingerprint density at radius 3 is 2.55 bits per heavy atom. The molecule has 2 aliphatic carbocycles. The van der Waals surface area contributed by atoms with E-state index in [2.05, 4.69) is 15.4 Å². The number of hydrogen-bond donors (Lipinski definition) is 1. The molecule has 1 atom stereocenters. The fraction of sp³-hybridized carbons (Fsp3) is 0.435. The van der Waals surface area contributed by atoms with Crippen molar-refractivity contribution in [1.82, 2.24) is 14.8 Å². The summed E-state index contributed by atoms with van der Waals surface area (Å²) in [5.41, 5.74) is 2.55. The van der Waals surface area contributed by atoms with Crippen LogP contribution in [0, 0.1) is 5.92 Å². The third-order valence-corrected chi connectivity index (χ3v) is 7.60. The smallest absolute Gasteiger partial charge is 0.311 e. The first-order valence-electron chi connectivity index (χ1n) is 10.8. The maximum absolute atomic E-state index is 13.6. The fourth-order valence-electron chi connectivity index (χ4n) is 4.40. The summed E-state index contributed by atoms with van der Waals surface area (Å²) in [6.07, 6.45) is 3.01. The third kappa shape index (κ3) is 3.74. The van der Waals surface area contributed by atoms with Crippen LogP contribution in [-0.2, 0) is 11.8 Å². The number of rotatable bonds is 6. The van der Waals surface area contributed by atoms with E-state index in [1.165, 1.54) is 16.0 Å². The van der Waals surface area contributed by atoms with Gasteiger partial charge in [0, 0.05) is 43.1 Å². The van der Waals surface area contributed by atoms with E-state index in [4.69, 9.17) is 0 Å². The van der Waals surface area contributed by atoms with Crippen molar-refractivity contribution in [3.63, 3.8) is 0 Å². The molecule has 2 aromatic heterocycles. The van der Waals surface area contributed by atoms with Crippen LogP contribution < -0.4 is 5.32 Å². The number of aryl methyl sites for hydroxylation is 1. The average molecular weight is 479 g/mol. The van der Waals surface area contributed by atoms with Crippen LogP contribution in [0.15, 0.2) is 36.5 Å². The Hall–Kier alpha value is -2.75. The molecule has 5 rings (SSSR count). The number of hydrogen-bond acceptors (Lipinski definition) is 4. The number of thiazole rings is 1. The molecule has 3 aromatic rings. The zero-order valence-corrected chi connectivity index (χ0v) is 18.6. The minimum Gasteiger partial charge on any atom is -0.311 e. The second-order valence-electron chi connectivity index (χ2n) is 8.74. The van der Waals surface area contributed by atoms with Crippen molar-refractivity contribution in [2.75, 3.05) is 5.32 Å². The predicted octanol–water partition coefficient (Wildman–Crippen LogP) is 6.10. The van der Waals surface area contributed by atoms with Crippen LogP contribution in [0.1, 0.15) is 43.6 Å². The van der Waals surface area contributed by atoms with Gasteiger partial charge in [0.1, 0.15) is 16.5 Å². The van der Waals surface area contributed by atoms with Crippen LogP contribution in [0.2, 0.25) is 0 Å². The number of aromatic nitrogens is 3. The molecule has 2 heterocycles. The number of anilines is 1. The Labute approximate surface area is 191 Å². The molecule has 5 nitrogen and oxygen atoms in total. The molecular weight excluding hydrogens is 456 g/mol. The largest absolute Gasteiger partial charge is 0.313 e. The van der Waals surface area contributed by atoms with Gasteiger partial charge in [0.15, 0.2) is 0 Å². The quantitative estimate of drug-likeness (QED) is 0.436. The topological polar surface area (TPSA) is 59.8 Å². The third-order valence-electron chi connectivity index (χ3n) is 6.55. The zero-order valence-electron chi connectivity index (χ0n) is 17.8. The Morgan fingerprint density at radius 1 is 1.21 bits per heavy atom. The van der Waals surface area contributed by atoms with E-state index in [-0.39, 0.29) is 5.92 Å². The van der Waals surface area contributed by atoms with Crippen LogP contribution in [0.25, 0.3) is 21.1 Å². The summed E-state index contributed by atoms with van der Waals surface area (Å²) in [5.74, 6) is -9.96. The molecule has 0 unspecified atom stereocenters. The van der Waals surface area contributed by atoms with Crippen LogP contribution >= 0.6 is 11.3 Å². The lowest BCUT2D eigenvalue weighted by molar-refractivity contribution is -0.313. The van der Waals surface area contributed by atoms with Gasteiger partial charge in [-0.1, -0.05) is 36.8 Å². The Balaban J connectivity index is 1.41. The summed E-state index contributed by atoms with van der Waals surface area (Å²) < 4.78 is 55.1. The molecule has 1 N–H and O–H groups in total. The lowest BCUT2D eigenvalue weighted by Gasteiger charge is -2.43. The highest BCUT2D eigenvalue weighted by Gasteiger charge is 2.71. The second-order valence-corrected chi connectivity index (χ2v) is 9.77. The number of nitrogens with one attached hydrogen (secondary N) is 1. The Kier molecular flexibility index (Phi) is 5.30. The first-order valence-corrected chi connectivity index (χ1v) is 11.6. The monoisotopic (exact) mass is 478 g/mol. The molecule has 2 fully saturated rings. The lowest BCUT2D eigenvalue weighted by Crippen LogP contribution is -2.59. The van der Waals surface area contributed by atoms with E-state index >= 15 is 0 Å². The molecule has 10 heteroatoms. The number of nitrogens with zero attached hydrogens (tertiary/aromatic N) is 3. The van der Waals surface area contributed by atoms with Crippen molar-refractivity contribution >= 4 is 23.1 Å². The van der Waals surface area contributed by atoms with Crippen LogP contribution in [0.3, 0.4) is 0 Å². The van der Waals surface area contributed by atoms with E-state index in [1.807, 2.05) is 30.3 Å². The maximum Gasteiger partial charge on any atom is 0.313 e. The molecule has 2 aliphatic rings. The van der Waals surface area contributed by atoms with Crippen molar-refractivity contribution in [3.8, 4) is 21.1 Å². The number of benzene rings is 1. The first-order chi connectivity index (χ1) is 15.7. The number of carbonyl (C=O) groups is 1. The van der Waals surface area contributed by atoms with Crippen LogP contribution in [-0.4, -0.2) is 32.5 Å². The highest BCUT2D eigenvalue weighted by Crippen LogP contribution is 2.56. The highest BCUT2D eigenvalue weighted by atomic mass is 32.1. The normalized spacial score (nSPS) is 21.3. The van der Waals surface area contributed by atoms with E-state index < -0.39 is 36.5 Å². The molecular formula is C23H22F4N4OS. The lowest BCUT2D eigenvalue weighted by atomic mass is 9.74. The minimum atomic E-state index is -4.16. The Bertz CT molecular complexity index is 1190. The molecule has 0 bridgehead atoms. The molecule has 0 radical (unpaired) electrons. The molecule has 33 heavy (non-hydrogen) atoms. The molecule has 2 saturated carbocycles. The van der Waals surface area contributed by atoms with Gasteiger partial charge in [-0.3, -0.25) is 9.48 Å². The highest BCUT2D eigenvalue weighted by molar-refractivity contribution is 7.18. The predicted molar refractivity (Wildman–Crippen MR) is 118 cm³/mol. The number of carbonyl (C=O) groups excluding carboxylic acids is 1. The van der Waals surface area contributed by atoms with Gasteiger partial charge < -0.3 is 5.32 Å². The van der Waals surface area contributed by atoms with Crippen molar-refractivity contribution in [2.24, 2.45) is 13.0 Å². The summed E-state index contributed by atoms with van der Waals surface area (Å²) >= 11 is 1.49. The minimum absolute atomic E-state index is 0.181. The molecule has 0 spiro atoms. The summed E-state index contributed by atoms with van der Waals surface area (Å²) in [6.45, 7) is 0. The van der Waals surface area contributed by atoms with E-state index in [0.717, 1.165) is 40.3 Å². The summed E-state index contributed by atoms with van der Waals surface area (Å²) in [6, 6.07) is 9.75. The Morgan fingerprint density at radius 2 is 1.94 bits per heavy atom. The van der Waals surface area contributed by atoms with Crippen LogP contribution in [0.4, 0.5) is 23.4 Å². The van der Waals surface area contributed by atoms with Gasteiger partial charge in [-0.05, 0) is 18.8 Å². The molecule has 174 valence electrons. The molecule has 1 amide bonds. The van der Waals surface area contributed by atoms with Crippen molar-refractivity contribution in [3.05, 3.63) is 42.1 Å². The van der Waals surface area contributed by atoms with Gasteiger partial charge >= 0.3 is 11.8 Å². The van der Waals surface area contributed by atoms with Gasteiger partial charge in [0.2, 0.25) is 5.91 Å². The van der Waals surface area contributed by atoms with Crippen molar-refractivity contribution in [1.29, 1.82) is 0 Å². The summed E-state index contributed by atoms with van der Waals surface area (Å²) in [5, 5.41) is 8.14. The maximum atomic E-state index is 13.6. The summed E-state index contributed by atoms with van der Waals surface area (Å²) in [7, 11) is 1.67.